The lowest BCUT2D eigenvalue weighted by Crippen LogP contribution is -2.42. The highest BCUT2D eigenvalue weighted by atomic mass is 16.4. The Balaban J connectivity index is 2.15. The van der Waals surface area contributed by atoms with Gasteiger partial charge in [0, 0.05) is 0 Å². The molecule has 1 heterocycles. The van der Waals surface area contributed by atoms with Crippen LogP contribution in [0.4, 0.5) is 0 Å². The molecule has 0 aromatic heterocycles. The SMILES string of the molecule is CC(C)CCC1CCN(CC(=O)NCC(=O)O)CC1. The predicted molar refractivity (Wildman–Crippen MR) is 73.9 cm³/mol. The maximum Gasteiger partial charge on any atom is 0.322 e. The zero-order valence-corrected chi connectivity index (χ0v) is 12.0. The van der Waals surface area contributed by atoms with Gasteiger partial charge in [0.15, 0.2) is 0 Å². The first-order chi connectivity index (χ1) is 8.97. The number of nitrogens with zero attached hydrogens (tertiary/aromatic N) is 1. The molecule has 110 valence electrons. The number of carbonyl (C=O) groups excluding carboxylic acids is 1. The molecule has 0 aromatic rings. The van der Waals surface area contributed by atoms with Gasteiger partial charge in [-0.25, -0.2) is 0 Å². The second kappa shape index (κ2) is 8.15. The van der Waals surface area contributed by atoms with Crippen LogP contribution < -0.4 is 5.32 Å². The number of nitrogens with one attached hydrogen (secondary N) is 1. The van der Waals surface area contributed by atoms with Gasteiger partial charge in [-0.15, -0.1) is 0 Å². The first kappa shape index (κ1) is 16.0. The summed E-state index contributed by atoms with van der Waals surface area (Å²) in [7, 11) is 0. The third-order valence-corrected chi connectivity index (χ3v) is 3.66. The number of likely N-dealkylation sites (tertiary alicyclic amines) is 1. The van der Waals surface area contributed by atoms with Crippen LogP contribution in [-0.4, -0.2) is 48.1 Å². The Bertz CT molecular complexity index is 297. The van der Waals surface area contributed by atoms with Crippen molar-refractivity contribution in [2.24, 2.45) is 11.8 Å². The number of amides is 1. The summed E-state index contributed by atoms with van der Waals surface area (Å²) in [6, 6.07) is 0. The quantitative estimate of drug-likeness (QED) is 0.732. The molecule has 0 aliphatic carbocycles. The van der Waals surface area contributed by atoms with Crippen molar-refractivity contribution in [2.75, 3.05) is 26.2 Å². The number of hydrogen-bond donors (Lipinski definition) is 2. The molecular weight excluding hydrogens is 244 g/mol. The summed E-state index contributed by atoms with van der Waals surface area (Å²) in [5.74, 6) is 0.365. The molecule has 0 bridgehead atoms. The molecule has 0 radical (unpaired) electrons. The van der Waals surface area contributed by atoms with Gasteiger partial charge in [-0.1, -0.05) is 26.7 Å². The van der Waals surface area contributed by atoms with Gasteiger partial charge in [-0.2, -0.15) is 0 Å². The average molecular weight is 270 g/mol. The molecule has 0 unspecified atom stereocenters. The summed E-state index contributed by atoms with van der Waals surface area (Å²) < 4.78 is 0. The summed E-state index contributed by atoms with van der Waals surface area (Å²) >= 11 is 0. The van der Waals surface area contributed by atoms with E-state index >= 15 is 0 Å². The molecule has 1 amide bonds. The van der Waals surface area contributed by atoms with Gasteiger partial charge in [0.1, 0.15) is 6.54 Å². The van der Waals surface area contributed by atoms with E-state index in [1.165, 1.54) is 12.8 Å². The minimum Gasteiger partial charge on any atom is -0.480 e. The van der Waals surface area contributed by atoms with Crippen molar-refractivity contribution in [1.29, 1.82) is 0 Å². The van der Waals surface area contributed by atoms with Crippen molar-refractivity contribution in [2.45, 2.75) is 39.5 Å². The molecule has 1 fully saturated rings. The lowest BCUT2D eigenvalue weighted by molar-refractivity contribution is -0.138. The Morgan fingerprint density at radius 3 is 2.47 bits per heavy atom. The molecule has 0 aromatic carbocycles. The van der Waals surface area contributed by atoms with Crippen molar-refractivity contribution in [3.63, 3.8) is 0 Å². The standard InChI is InChI=1S/C14H26N2O3/c1-11(2)3-4-12-5-7-16(8-6-12)10-13(17)15-9-14(18)19/h11-12H,3-10H2,1-2H3,(H,15,17)(H,18,19). The van der Waals surface area contributed by atoms with Gasteiger partial charge in [-0.3, -0.25) is 14.5 Å². The van der Waals surface area contributed by atoms with E-state index in [0.29, 0.717) is 6.54 Å². The minimum atomic E-state index is -0.999. The molecule has 0 spiro atoms. The summed E-state index contributed by atoms with van der Waals surface area (Å²) in [6.45, 7) is 6.43. The largest absolute Gasteiger partial charge is 0.480 e. The molecule has 1 saturated heterocycles. The van der Waals surface area contributed by atoms with E-state index in [2.05, 4.69) is 24.1 Å². The predicted octanol–water partition coefficient (Wildman–Crippen LogP) is 1.34. The first-order valence-electron chi connectivity index (χ1n) is 7.18. The van der Waals surface area contributed by atoms with Crippen LogP contribution in [0, 0.1) is 11.8 Å². The second-order valence-corrected chi connectivity index (χ2v) is 5.86. The van der Waals surface area contributed by atoms with Crippen molar-refractivity contribution in [3.05, 3.63) is 0 Å². The Kier molecular flexibility index (Phi) is 6.84. The molecule has 19 heavy (non-hydrogen) atoms. The highest BCUT2D eigenvalue weighted by molar-refractivity contribution is 5.82. The maximum atomic E-state index is 11.5. The fraction of sp³-hybridized carbons (Fsp3) is 0.857. The normalized spacial score (nSPS) is 17.6. The fourth-order valence-corrected chi connectivity index (χ4v) is 2.44. The molecule has 5 nitrogen and oxygen atoms in total. The summed E-state index contributed by atoms with van der Waals surface area (Å²) in [6.07, 6.45) is 4.87. The zero-order chi connectivity index (χ0) is 14.3. The van der Waals surface area contributed by atoms with Gasteiger partial charge in [0.25, 0.3) is 0 Å². The number of carbonyl (C=O) groups is 2. The van der Waals surface area contributed by atoms with Gasteiger partial charge in [0.05, 0.1) is 6.54 Å². The second-order valence-electron chi connectivity index (χ2n) is 5.86. The number of carboxylic acid groups (broad SMARTS) is 1. The molecule has 1 rings (SSSR count). The van der Waals surface area contributed by atoms with Gasteiger partial charge in [-0.05, 0) is 37.8 Å². The molecule has 1 aliphatic heterocycles. The van der Waals surface area contributed by atoms with Crippen LogP contribution in [0.5, 0.6) is 0 Å². The molecule has 2 N–H and O–H groups in total. The van der Waals surface area contributed by atoms with Crippen molar-refractivity contribution >= 4 is 11.9 Å². The number of hydrogen-bond acceptors (Lipinski definition) is 3. The Morgan fingerprint density at radius 1 is 1.32 bits per heavy atom. The Labute approximate surface area is 115 Å². The van der Waals surface area contributed by atoms with Gasteiger partial charge in [0.2, 0.25) is 5.91 Å². The highest BCUT2D eigenvalue weighted by Crippen LogP contribution is 2.23. The van der Waals surface area contributed by atoms with Crippen LogP contribution in [-0.2, 0) is 9.59 Å². The van der Waals surface area contributed by atoms with E-state index in [0.717, 1.165) is 37.8 Å². The Hall–Kier alpha value is -1.10. The van der Waals surface area contributed by atoms with Gasteiger partial charge >= 0.3 is 5.97 Å². The molecular formula is C14H26N2O3. The fourth-order valence-electron chi connectivity index (χ4n) is 2.44. The lowest BCUT2D eigenvalue weighted by atomic mass is 9.90. The van der Waals surface area contributed by atoms with Crippen molar-refractivity contribution in [3.8, 4) is 0 Å². The highest BCUT2D eigenvalue weighted by Gasteiger charge is 2.20. The molecule has 0 saturated carbocycles. The van der Waals surface area contributed by atoms with Crippen LogP contribution >= 0.6 is 0 Å². The Morgan fingerprint density at radius 2 is 1.95 bits per heavy atom. The number of carboxylic acids is 1. The maximum absolute atomic E-state index is 11.5. The van der Waals surface area contributed by atoms with E-state index in [1.807, 2.05) is 0 Å². The van der Waals surface area contributed by atoms with Crippen LogP contribution in [0.3, 0.4) is 0 Å². The average Bonchev–Trinajstić information content (AvgIpc) is 2.35. The van der Waals surface area contributed by atoms with Gasteiger partial charge < -0.3 is 10.4 Å². The lowest BCUT2D eigenvalue weighted by Gasteiger charge is -2.31. The van der Waals surface area contributed by atoms with E-state index < -0.39 is 5.97 Å². The summed E-state index contributed by atoms with van der Waals surface area (Å²) in [4.78, 5) is 23.9. The number of piperidine rings is 1. The van der Waals surface area contributed by atoms with Crippen molar-refractivity contribution in [1.82, 2.24) is 10.2 Å². The van der Waals surface area contributed by atoms with Crippen LogP contribution in [0.25, 0.3) is 0 Å². The van der Waals surface area contributed by atoms with E-state index in [1.54, 1.807) is 0 Å². The van der Waals surface area contributed by atoms with Crippen molar-refractivity contribution < 1.29 is 14.7 Å². The molecule has 5 heteroatoms. The third-order valence-electron chi connectivity index (χ3n) is 3.66. The van der Waals surface area contributed by atoms with E-state index in [9.17, 15) is 9.59 Å². The molecule has 1 aliphatic rings. The summed E-state index contributed by atoms with van der Waals surface area (Å²) in [5, 5.41) is 10.9. The smallest absolute Gasteiger partial charge is 0.322 e. The first-order valence-corrected chi connectivity index (χ1v) is 7.18. The van der Waals surface area contributed by atoms with Crippen LogP contribution in [0.1, 0.15) is 39.5 Å². The van der Waals surface area contributed by atoms with E-state index in [4.69, 9.17) is 5.11 Å². The zero-order valence-electron chi connectivity index (χ0n) is 12.0. The third kappa shape index (κ3) is 7.15. The monoisotopic (exact) mass is 270 g/mol. The number of aliphatic carboxylic acids is 1. The summed E-state index contributed by atoms with van der Waals surface area (Å²) in [5.41, 5.74) is 0. The minimum absolute atomic E-state index is 0.192. The van der Waals surface area contributed by atoms with E-state index in [-0.39, 0.29) is 12.5 Å². The van der Waals surface area contributed by atoms with Crippen LogP contribution in [0.15, 0.2) is 0 Å². The molecule has 0 atom stereocenters. The topological polar surface area (TPSA) is 69.6 Å². The van der Waals surface area contributed by atoms with Crippen LogP contribution in [0.2, 0.25) is 0 Å². The number of rotatable bonds is 7.